The predicted molar refractivity (Wildman–Crippen MR) is 85.1 cm³/mol. The highest BCUT2D eigenvalue weighted by molar-refractivity contribution is 5.89. The van der Waals surface area contributed by atoms with Crippen LogP contribution in [0.5, 0.6) is 0 Å². The zero-order valence-electron chi connectivity index (χ0n) is 12.5. The Morgan fingerprint density at radius 3 is 2.05 bits per heavy atom. The standard InChI is InChI=1S/C9H11N3O2.C5H9N3/c1-6(13)10-8-4-3-5-9(12-8)11-7(2)14;6-5-3-1-2-4-8(5)7/h3-5H,1-2H3,(H2,10,11,12,13,14);1-5H,6-7H2. The number of hydrazine groups is 1. The number of nitrogens with one attached hydrogen (secondary N) is 2. The third-order valence-corrected chi connectivity index (χ3v) is 2.38. The molecule has 0 bridgehead atoms. The van der Waals surface area contributed by atoms with E-state index in [9.17, 15) is 9.59 Å². The lowest BCUT2D eigenvalue weighted by atomic mass is 10.3. The molecule has 1 atom stereocenters. The van der Waals surface area contributed by atoms with Crippen molar-refractivity contribution >= 4 is 23.5 Å². The van der Waals surface area contributed by atoms with Crippen molar-refractivity contribution in [2.75, 3.05) is 10.6 Å². The molecule has 8 heteroatoms. The fraction of sp³-hybridized carbons (Fsp3) is 0.214. The van der Waals surface area contributed by atoms with Gasteiger partial charge in [0.15, 0.2) is 0 Å². The molecule has 0 radical (unpaired) electrons. The number of allylic oxidation sites excluding steroid dienone is 2. The van der Waals surface area contributed by atoms with Gasteiger partial charge in [0.1, 0.15) is 17.8 Å². The van der Waals surface area contributed by atoms with Crippen LogP contribution in [-0.4, -0.2) is 28.0 Å². The molecule has 22 heavy (non-hydrogen) atoms. The number of pyridine rings is 1. The first-order valence-corrected chi connectivity index (χ1v) is 6.54. The van der Waals surface area contributed by atoms with Crippen LogP contribution in [0.1, 0.15) is 13.8 Å². The summed E-state index contributed by atoms with van der Waals surface area (Å²) < 4.78 is 0. The Bertz CT molecular complexity index is 537. The molecule has 0 aromatic carbocycles. The summed E-state index contributed by atoms with van der Waals surface area (Å²) in [7, 11) is 0. The first kappa shape index (κ1) is 17.3. The largest absolute Gasteiger partial charge is 0.311 e. The summed E-state index contributed by atoms with van der Waals surface area (Å²) in [5.41, 5.74) is 5.44. The van der Waals surface area contributed by atoms with Gasteiger partial charge in [-0.2, -0.15) is 0 Å². The second-order valence-electron chi connectivity index (χ2n) is 4.43. The van der Waals surface area contributed by atoms with Gasteiger partial charge in [0.05, 0.1) is 0 Å². The molecule has 2 rings (SSSR count). The van der Waals surface area contributed by atoms with Crippen molar-refractivity contribution in [1.29, 1.82) is 0 Å². The van der Waals surface area contributed by atoms with E-state index in [2.05, 4.69) is 15.6 Å². The van der Waals surface area contributed by atoms with Gasteiger partial charge in [-0.1, -0.05) is 12.1 Å². The maximum atomic E-state index is 10.7. The molecule has 0 aliphatic carbocycles. The van der Waals surface area contributed by atoms with Crippen LogP contribution in [0.2, 0.25) is 0 Å². The molecule has 8 nitrogen and oxygen atoms in total. The van der Waals surface area contributed by atoms with Crippen molar-refractivity contribution in [2.45, 2.75) is 20.0 Å². The minimum absolute atomic E-state index is 0.153. The lowest BCUT2D eigenvalue weighted by molar-refractivity contribution is -0.115. The number of hydrogen-bond donors (Lipinski definition) is 4. The third-order valence-electron chi connectivity index (χ3n) is 2.38. The Morgan fingerprint density at radius 1 is 1.14 bits per heavy atom. The Labute approximate surface area is 128 Å². The second kappa shape index (κ2) is 8.55. The number of rotatable bonds is 2. The van der Waals surface area contributed by atoms with Gasteiger partial charge in [-0.05, 0) is 24.3 Å². The van der Waals surface area contributed by atoms with Crippen molar-refractivity contribution in [3.05, 3.63) is 42.6 Å². The molecule has 2 heterocycles. The number of hydrogen-bond acceptors (Lipinski definition) is 6. The maximum absolute atomic E-state index is 10.7. The molecule has 0 fully saturated rings. The highest BCUT2D eigenvalue weighted by Gasteiger charge is 2.01. The lowest BCUT2D eigenvalue weighted by Gasteiger charge is -2.20. The van der Waals surface area contributed by atoms with E-state index in [0.717, 1.165) is 0 Å². The molecule has 2 amide bonds. The molecule has 0 saturated carbocycles. The van der Waals surface area contributed by atoms with Gasteiger partial charge >= 0.3 is 0 Å². The number of carbonyl (C=O) groups excluding carboxylic acids is 2. The van der Waals surface area contributed by atoms with Crippen molar-refractivity contribution in [2.24, 2.45) is 11.6 Å². The fourth-order valence-electron chi connectivity index (χ4n) is 1.46. The normalized spacial score (nSPS) is 15.6. The van der Waals surface area contributed by atoms with Crippen LogP contribution < -0.4 is 22.2 Å². The fourth-order valence-corrected chi connectivity index (χ4v) is 1.46. The highest BCUT2D eigenvalue weighted by Crippen LogP contribution is 2.08. The predicted octanol–water partition coefficient (Wildman–Crippen LogP) is 0.529. The van der Waals surface area contributed by atoms with Gasteiger partial charge in [-0.15, -0.1) is 0 Å². The lowest BCUT2D eigenvalue weighted by Crippen LogP contribution is -2.42. The summed E-state index contributed by atoms with van der Waals surface area (Å²) in [4.78, 5) is 25.4. The Hall–Kier alpha value is -2.71. The first-order chi connectivity index (χ1) is 10.4. The number of anilines is 2. The number of amides is 2. The molecule has 1 unspecified atom stereocenters. The molecule has 0 saturated heterocycles. The molecular formula is C14H20N6O2. The van der Waals surface area contributed by atoms with Crippen molar-refractivity contribution in [3.63, 3.8) is 0 Å². The second-order valence-corrected chi connectivity index (χ2v) is 4.43. The van der Waals surface area contributed by atoms with Crippen LogP contribution in [0.25, 0.3) is 0 Å². The van der Waals surface area contributed by atoms with Gasteiger partial charge in [-0.25, -0.2) is 10.8 Å². The van der Waals surface area contributed by atoms with E-state index in [4.69, 9.17) is 11.6 Å². The average Bonchev–Trinajstić information content (AvgIpc) is 2.42. The van der Waals surface area contributed by atoms with Crippen LogP contribution >= 0.6 is 0 Å². The summed E-state index contributed by atoms with van der Waals surface area (Å²) in [6, 6.07) is 4.99. The molecule has 1 aliphatic rings. The molecule has 6 N–H and O–H groups in total. The van der Waals surface area contributed by atoms with Crippen molar-refractivity contribution in [3.8, 4) is 0 Å². The Morgan fingerprint density at radius 2 is 1.68 bits per heavy atom. The van der Waals surface area contributed by atoms with Crippen LogP contribution in [0.15, 0.2) is 42.6 Å². The maximum Gasteiger partial charge on any atom is 0.222 e. The minimum Gasteiger partial charge on any atom is -0.311 e. The van der Waals surface area contributed by atoms with Crippen LogP contribution in [-0.2, 0) is 9.59 Å². The number of carbonyl (C=O) groups is 2. The summed E-state index contributed by atoms with van der Waals surface area (Å²) in [5.74, 6) is 5.80. The summed E-state index contributed by atoms with van der Waals surface area (Å²) >= 11 is 0. The van der Waals surface area contributed by atoms with Crippen LogP contribution in [0.4, 0.5) is 11.6 Å². The SMILES string of the molecule is CC(=O)Nc1cccc(NC(C)=O)n1.NC1C=CC=CN1N. The summed E-state index contributed by atoms with van der Waals surface area (Å²) in [6.07, 6.45) is 7.10. The average molecular weight is 304 g/mol. The number of nitrogens with zero attached hydrogens (tertiary/aromatic N) is 2. The topological polar surface area (TPSA) is 126 Å². The van der Waals surface area contributed by atoms with E-state index in [0.29, 0.717) is 11.6 Å². The summed E-state index contributed by atoms with van der Waals surface area (Å²) in [6.45, 7) is 2.79. The van der Waals surface area contributed by atoms with Gasteiger partial charge in [0.2, 0.25) is 11.8 Å². The minimum atomic E-state index is -0.197. The van der Waals surface area contributed by atoms with Crippen molar-refractivity contribution < 1.29 is 9.59 Å². The van der Waals surface area contributed by atoms with E-state index in [1.54, 1.807) is 24.4 Å². The highest BCUT2D eigenvalue weighted by atomic mass is 16.2. The van der Waals surface area contributed by atoms with Gasteiger partial charge in [0.25, 0.3) is 0 Å². The van der Waals surface area contributed by atoms with Crippen LogP contribution in [0, 0.1) is 0 Å². The van der Waals surface area contributed by atoms with E-state index in [-0.39, 0.29) is 18.0 Å². The Kier molecular flexibility index (Phi) is 6.74. The third kappa shape index (κ3) is 6.64. The zero-order valence-corrected chi connectivity index (χ0v) is 12.5. The molecule has 0 spiro atoms. The quantitative estimate of drug-likeness (QED) is 0.590. The molecule has 1 aromatic heterocycles. The molecular weight excluding hydrogens is 284 g/mol. The van der Waals surface area contributed by atoms with E-state index in [1.165, 1.54) is 18.9 Å². The van der Waals surface area contributed by atoms with Gasteiger partial charge < -0.3 is 16.4 Å². The molecule has 118 valence electrons. The summed E-state index contributed by atoms with van der Waals surface area (Å²) in [5, 5.41) is 6.48. The van der Waals surface area contributed by atoms with Gasteiger partial charge in [0, 0.05) is 20.0 Å². The molecule has 1 aromatic rings. The number of nitrogens with two attached hydrogens (primary N) is 2. The Balaban J connectivity index is 0.000000255. The first-order valence-electron chi connectivity index (χ1n) is 6.54. The number of aromatic nitrogens is 1. The monoisotopic (exact) mass is 304 g/mol. The smallest absolute Gasteiger partial charge is 0.222 e. The van der Waals surface area contributed by atoms with Crippen molar-refractivity contribution in [1.82, 2.24) is 9.99 Å². The molecule has 1 aliphatic heterocycles. The van der Waals surface area contributed by atoms with E-state index in [1.807, 2.05) is 18.2 Å². The van der Waals surface area contributed by atoms with Gasteiger partial charge in [-0.3, -0.25) is 14.6 Å². The van der Waals surface area contributed by atoms with E-state index >= 15 is 0 Å². The van der Waals surface area contributed by atoms with Crippen LogP contribution in [0.3, 0.4) is 0 Å². The van der Waals surface area contributed by atoms with E-state index < -0.39 is 0 Å². The zero-order chi connectivity index (χ0) is 16.5.